The summed E-state index contributed by atoms with van der Waals surface area (Å²) in [5, 5.41) is 8.99. The summed E-state index contributed by atoms with van der Waals surface area (Å²) in [7, 11) is 0. The summed E-state index contributed by atoms with van der Waals surface area (Å²) in [6, 6.07) is 0. The maximum Gasteiger partial charge on any atom is 0.333 e. The van der Waals surface area contributed by atoms with Crippen molar-refractivity contribution in [3.8, 4) is 0 Å². The van der Waals surface area contributed by atoms with Gasteiger partial charge in [0.05, 0.1) is 12.7 Å². The molecule has 1 fully saturated rings. The fraction of sp³-hybridized carbons (Fsp3) is 0.500. The average Bonchev–Trinajstić information content (AvgIpc) is 2.97. The SMILES string of the molecule is O=c1[nH]c([C@H]2CC[C@@H](CO)O2)nc2nccn12. The Bertz CT molecular complexity index is 590. The van der Waals surface area contributed by atoms with Crippen molar-refractivity contribution in [2.24, 2.45) is 0 Å². The lowest BCUT2D eigenvalue weighted by Gasteiger charge is -2.10. The monoisotopic (exact) mass is 236 g/mol. The van der Waals surface area contributed by atoms with Crippen LogP contribution in [0.2, 0.25) is 0 Å². The van der Waals surface area contributed by atoms with Crippen LogP contribution < -0.4 is 5.69 Å². The van der Waals surface area contributed by atoms with E-state index < -0.39 is 0 Å². The topological polar surface area (TPSA) is 92.5 Å². The number of imidazole rings is 1. The molecule has 3 heterocycles. The fourth-order valence-electron chi connectivity index (χ4n) is 2.04. The Hall–Kier alpha value is -1.73. The quantitative estimate of drug-likeness (QED) is 0.742. The maximum absolute atomic E-state index is 11.7. The Morgan fingerprint density at radius 1 is 1.59 bits per heavy atom. The van der Waals surface area contributed by atoms with E-state index in [2.05, 4.69) is 15.0 Å². The molecule has 0 amide bonds. The third-order valence-corrected chi connectivity index (χ3v) is 2.91. The van der Waals surface area contributed by atoms with Crippen molar-refractivity contribution in [1.82, 2.24) is 19.4 Å². The first kappa shape index (κ1) is 10.4. The number of fused-ring (bicyclic) bond motifs is 1. The number of aliphatic hydroxyl groups is 1. The van der Waals surface area contributed by atoms with Crippen LogP contribution in [0.25, 0.3) is 5.78 Å². The molecule has 2 aromatic heterocycles. The largest absolute Gasteiger partial charge is 0.394 e. The zero-order chi connectivity index (χ0) is 11.8. The van der Waals surface area contributed by atoms with Crippen LogP contribution in [0.4, 0.5) is 0 Å². The number of nitrogens with zero attached hydrogens (tertiary/aromatic N) is 3. The molecular formula is C10H12N4O3. The van der Waals surface area contributed by atoms with Gasteiger partial charge in [0.15, 0.2) is 0 Å². The highest BCUT2D eigenvalue weighted by molar-refractivity contribution is 5.26. The van der Waals surface area contributed by atoms with Gasteiger partial charge in [-0.25, -0.2) is 14.2 Å². The summed E-state index contributed by atoms with van der Waals surface area (Å²) in [5.41, 5.74) is -0.279. The minimum atomic E-state index is -0.279. The lowest BCUT2D eigenvalue weighted by Crippen LogP contribution is -2.21. The van der Waals surface area contributed by atoms with Crippen molar-refractivity contribution in [1.29, 1.82) is 0 Å². The van der Waals surface area contributed by atoms with Crippen molar-refractivity contribution in [2.75, 3.05) is 6.61 Å². The number of aromatic nitrogens is 4. The van der Waals surface area contributed by atoms with Crippen molar-refractivity contribution in [3.63, 3.8) is 0 Å². The standard InChI is InChI=1S/C10H12N4O3/c15-5-6-1-2-7(17-6)8-12-9-11-3-4-14(9)10(16)13-8/h3-4,6-7,15H,1-2,5H2,(H,11,12,13,16)/t6-,7+/m0/s1. The van der Waals surface area contributed by atoms with Gasteiger partial charge >= 0.3 is 5.69 Å². The minimum Gasteiger partial charge on any atom is -0.394 e. The smallest absolute Gasteiger partial charge is 0.333 e. The van der Waals surface area contributed by atoms with Crippen molar-refractivity contribution < 1.29 is 9.84 Å². The second-order valence-corrected chi connectivity index (χ2v) is 4.03. The highest BCUT2D eigenvalue weighted by Gasteiger charge is 2.28. The van der Waals surface area contributed by atoms with E-state index in [1.807, 2.05) is 0 Å². The van der Waals surface area contributed by atoms with Crippen LogP contribution in [0, 0.1) is 0 Å². The molecule has 7 nitrogen and oxygen atoms in total. The number of hydrogen-bond donors (Lipinski definition) is 2. The molecule has 2 N–H and O–H groups in total. The van der Waals surface area contributed by atoms with E-state index in [-0.39, 0.29) is 24.5 Å². The van der Waals surface area contributed by atoms with Gasteiger partial charge in [-0.05, 0) is 12.8 Å². The third-order valence-electron chi connectivity index (χ3n) is 2.91. The first-order valence-corrected chi connectivity index (χ1v) is 5.47. The first-order chi connectivity index (χ1) is 8.28. The summed E-state index contributed by atoms with van der Waals surface area (Å²) in [6.07, 6.45) is 4.16. The minimum absolute atomic E-state index is 0.00759. The van der Waals surface area contributed by atoms with Crippen LogP contribution in [-0.2, 0) is 4.74 Å². The second-order valence-electron chi connectivity index (χ2n) is 4.03. The van der Waals surface area contributed by atoms with Gasteiger partial charge < -0.3 is 9.84 Å². The van der Waals surface area contributed by atoms with Crippen LogP contribution in [0.5, 0.6) is 0 Å². The van der Waals surface area contributed by atoms with Crippen molar-refractivity contribution in [2.45, 2.75) is 25.0 Å². The molecule has 0 bridgehead atoms. The van der Waals surface area contributed by atoms with Crippen molar-refractivity contribution in [3.05, 3.63) is 28.7 Å². The van der Waals surface area contributed by atoms with Crippen LogP contribution in [0.1, 0.15) is 24.8 Å². The summed E-state index contributed by atoms with van der Waals surface area (Å²) in [5.74, 6) is 0.837. The molecule has 0 aliphatic carbocycles. The number of aliphatic hydroxyl groups excluding tert-OH is 1. The zero-order valence-corrected chi connectivity index (χ0v) is 9.04. The summed E-state index contributed by atoms with van der Waals surface area (Å²) >= 11 is 0. The van der Waals surface area contributed by atoms with Crippen molar-refractivity contribution >= 4 is 5.78 Å². The van der Waals surface area contributed by atoms with Gasteiger partial charge in [-0.2, -0.15) is 4.98 Å². The van der Waals surface area contributed by atoms with E-state index in [4.69, 9.17) is 9.84 Å². The lowest BCUT2D eigenvalue weighted by molar-refractivity contribution is 0.00722. The molecule has 7 heteroatoms. The number of aromatic amines is 1. The predicted molar refractivity (Wildman–Crippen MR) is 57.5 cm³/mol. The molecule has 90 valence electrons. The highest BCUT2D eigenvalue weighted by atomic mass is 16.5. The Morgan fingerprint density at radius 2 is 2.47 bits per heavy atom. The van der Waals surface area contributed by atoms with Crippen LogP contribution in [0.15, 0.2) is 17.2 Å². The van der Waals surface area contributed by atoms with Gasteiger partial charge in [-0.1, -0.05) is 0 Å². The van der Waals surface area contributed by atoms with E-state index in [1.165, 1.54) is 10.6 Å². The summed E-state index contributed by atoms with van der Waals surface area (Å²) in [4.78, 5) is 22.6. The van der Waals surface area contributed by atoms with E-state index in [0.29, 0.717) is 11.6 Å². The zero-order valence-electron chi connectivity index (χ0n) is 9.04. The normalized spacial score (nSPS) is 24.5. The van der Waals surface area contributed by atoms with Gasteiger partial charge in [0, 0.05) is 12.4 Å². The number of ether oxygens (including phenoxy) is 1. The molecule has 3 rings (SSSR count). The van der Waals surface area contributed by atoms with E-state index >= 15 is 0 Å². The van der Waals surface area contributed by atoms with Crippen LogP contribution >= 0.6 is 0 Å². The molecular weight excluding hydrogens is 224 g/mol. The second kappa shape index (κ2) is 3.94. The highest BCUT2D eigenvalue weighted by Crippen LogP contribution is 2.29. The molecule has 1 saturated heterocycles. The molecule has 0 radical (unpaired) electrons. The predicted octanol–water partition coefficient (Wildman–Crippen LogP) is -0.370. The Kier molecular flexibility index (Phi) is 2.41. The number of rotatable bonds is 2. The Labute approximate surface area is 96.1 Å². The Balaban J connectivity index is 1.98. The lowest BCUT2D eigenvalue weighted by atomic mass is 10.2. The molecule has 1 aliphatic rings. The molecule has 0 spiro atoms. The number of nitrogens with one attached hydrogen (secondary N) is 1. The molecule has 0 saturated carbocycles. The number of H-pyrrole nitrogens is 1. The number of hydrogen-bond acceptors (Lipinski definition) is 5. The summed E-state index contributed by atoms with van der Waals surface area (Å²) < 4.78 is 6.89. The van der Waals surface area contributed by atoms with E-state index in [1.54, 1.807) is 6.20 Å². The van der Waals surface area contributed by atoms with Gasteiger partial charge in [0.2, 0.25) is 5.78 Å². The van der Waals surface area contributed by atoms with Crippen LogP contribution in [-0.4, -0.2) is 37.2 Å². The molecule has 0 aromatic carbocycles. The molecule has 1 aliphatic heterocycles. The molecule has 0 unspecified atom stereocenters. The van der Waals surface area contributed by atoms with E-state index in [0.717, 1.165) is 12.8 Å². The van der Waals surface area contributed by atoms with Gasteiger partial charge in [-0.15, -0.1) is 0 Å². The van der Waals surface area contributed by atoms with Gasteiger partial charge in [0.25, 0.3) is 0 Å². The maximum atomic E-state index is 11.7. The third kappa shape index (κ3) is 1.73. The first-order valence-electron chi connectivity index (χ1n) is 5.47. The molecule has 2 aromatic rings. The fourth-order valence-corrected chi connectivity index (χ4v) is 2.04. The molecule has 17 heavy (non-hydrogen) atoms. The molecule has 2 atom stereocenters. The Morgan fingerprint density at radius 3 is 3.24 bits per heavy atom. The summed E-state index contributed by atoms with van der Waals surface area (Å²) in [6.45, 7) is -0.00759. The van der Waals surface area contributed by atoms with Gasteiger partial charge in [0.1, 0.15) is 11.9 Å². The average molecular weight is 236 g/mol. The van der Waals surface area contributed by atoms with Gasteiger partial charge in [-0.3, -0.25) is 4.98 Å². The van der Waals surface area contributed by atoms with Crippen LogP contribution in [0.3, 0.4) is 0 Å². The van der Waals surface area contributed by atoms with E-state index in [9.17, 15) is 4.79 Å².